The zero-order valence-electron chi connectivity index (χ0n) is 13.1. The summed E-state index contributed by atoms with van der Waals surface area (Å²) < 4.78 is 5.90. The second-order valence-corrected chi connectivity index (χ2v) is 6.82. The van der Waals surface area contributed by atoms with Gasteiger partial charge in [0.1, 0.15) is 12.4 Å². The Bertz CT molecular complexity index is 406. The van der Waals surface area contributed by atoms with Crippen molar-refractivity contribution in [2.24, 2.45) is 5.41 Å². The molecule has 0 spiro atoms. The summed E-state index contributed by atoms with van der Waals surface area (Å²) in [5, 5.41) is 3.37. The van der Waals surface area contributed by atoms with Crippen molar-refractivity contribution < 1.29 is 4.74 Å². The minimum Gasteiger partial charge on any atom is -0.492 e. The van der Waals surface area contributed by atoms with E-state index in [1.54, 1.807) is 0 Å². The Morgan fingerprint density at radius 1 is 1.20 bits per heavy atom. The van der Waals surface area contributed by atoms with E-state index in [0.29, 0.717) is 5.41 Å². The van der Waals surface area contributed by atoms with Crippen LogP contribution in [0.5, 0.6) is 5.75 Å². The van der Waals surface area contributed by atoms with E-state index in [1.807, 2.05) is 0 Å². The Morgan fingerprint density at radius 3 is 2.65 bits per heavy atom. The molecule has 0 aliphatic carbocycles. The molecule has 0 amide bonds. The topological polar surface area (TPSA) is 24.5 Å². The Balaban J connectivity index is 1.79. The fourth-order valence-electron chi connectivity index (χ4n) is 2.58. The summed E-state index contributed by atoms with van der Waals surface area (Å²) in [6.07, 6.45) is 1.09. The highest BCUT2D eigenvalue weighted by Gasteiger charge is 2.12. The van der Waals surface area contributed by atoms with Crippen molar-refractivity contribution in [2.75, 3.05) is 39.3 Å². The van der Waals surface area contributed by atoms with Gasteiger partial charge in [-0.3, -0.25) is 4.90 Å². The Morgan fingerprint density at radius 2 is 1.95 bits per heavy atom. The van der Waals surface area contributed by atoms with Gasteiger partial charge >= 0.3 is 0 Å². The summed E-state index contributed by atoms with van der Waals surface area (Å²) in [5.74, 6) is 1.00. The quantitative estimate of drug-likeness (QED) is 0.894. The number of nitrogens with one attached hydrogen (secondary N) is 1. The second kappa shape index (κ2) is 7.09. The molecule has 112 valence electrons. The molecule has 1 saturated heterocycles. The molecule has 0 unspecified atom stereocenters. The van der Waals surface area contributed by atoms with E-state index in [4.69, 9.17) is 4.74 Å². The van der Waals surface area contributed by atoms with Gasteiger partial charge in [-0.05, 0) is 29.5 Å². The monoisotopic (exact) mass is 276 g/mol. The lowest BCUT2D eigenvalue weighted by Gasteiger charge is -2.27. The first kappa shape index (κ1) is 15.3. The van der Waals surface area contributed by atoms with Gasteiger partial charge in [-0.15, -0.1) is 0 Å². The SMILES string of the molecule is CC(C)(C)Cc1cccc(OCCN2CCNCC2)c1. The zero-order chi connectivity index (χ0) is 14.4. The first-order valence-electron chi connectivity index (χ1n) is 7.68. The van der Waals surface area contributed by atoms with E-state index in [9.17, 15) is 0 Å². The number of ether oxygens (including phenoxy) is 1. The van der Waals surface area contributed by atoms with Crippen molar-refractivity contribution in [3.05, 3.63) is 29.8 Å². The summed E-state index contributed by atoms with van der Waals surface area (Å²) in [5.41, 5.74) is 1.68. The van der Waals surface area contributed by atoms with E-state index in [1.165, 1.54) is 5.56 Å². The second-order valence-electron chi connectivity index (χ2n) is 6.82. The predicted molar refractivity (Wildman–Crippen MR) is 84.4 cm³/mol. The summed E-state index contributed by atoms with van der Waals surface area (Å²) in [6.45, 7) is 13.1. The van der Waals surface area contributed by atoms with Crippen LogP contribution in [0, 0.1) is 5.41 Å². The first-order chi connectivity index (χ1) is 9.53. The van der Waals surface area contributed by atoms with E-state index in [-0.39, 0.29) is 0 Å². The van der Waals surface area contributed by atoms with Gasteiger partial charge < -0.3 is 10.1 Å². The van der Waals surface area contributed by atoms with Crippen LogP contribution in [0.1, 0.15) is 26.3 Å². The lowest BCUT2D eigenvalue weighted by Crippen LogP contribution is -2.44. The summed E-state index contributed by atoms with van der Waals surface area (Å²) in [6, 6.07) is 8.53. The molecule has 3 heteroatoms. The maximum Gasteiger partial charge on any atom is 0.119 e. The molecular formula is C17H28N2O. The molecule has 2 rings (SSSR count). The standard InChI is InChI=1S/C17H28N2O/c1-17(2,3)14-15-5-4-6-16(13-15)20-12-11-19-9-7-18-8-10-19/h4-6,13,18H,7-12,14H2,1-3H3. The predicted octanol–water partition coefficient (Wildman–Crippen LogP) is 2.56. The van der Waals surface area contributed by atoms with Gasteiger partial charge in [-0.1, -0.05) is 32.9 Å². The minimum atomic E-state index is 0.319. The number of piperazine rings is 1. The van der Waals surface area contributed by atoms with Crippen LogP contribution in [-0.4, -0.2) is 44.2 Å². The molecule has 0 atom stereocenters. The Hall–Kier alpha value is -1.06. The fraction of sp³-hybridized carbons (Fsp3) is 0.647. The average molecular weight is 276 g/mol. The van der Waals surface area contributed by atoms with Gasteiger partial charge in [-0.2, -0.15) is 0 Å². The minimum absolute atomic E-state index is 0.319. The van der Waals surface area contributed by atoms with Crippen molar-refractivity contribution in [3.8, 4) is 5.75 Å². The van der Waals surface area contributed by atoms with Gasteiger partial charge in [0, 0.05) is 32.7 Å². The maximum absolute atomic E-state index is 5.90. The molecule has 0 saturated carbocycles. The fourth-order valence-corrected chi connectivity index (χ4v) is 2.58. The van der Waals surface area contributed by atoms with Crippen molar-refractivity contribution >= 4 is 0 Å². The van der Waals surface area contributed by atoms with Crippen LogP contribution in [0.2, 0.25) is 0 Å². The van der Waals surface area contributed by atoms with Crippen LogP contribution in [0.4, 0.5) is 0 Å². The normalized spacial score (nSPS) is 17.1. The smallest absolute Gasteiger partial charge is 0.119 e. The van der Waals surface area contributed by atoms with Gasteiger partial charge in [0.25, 0.3) is 0 Å². The summed E-state index contributed by atoms with van der Waals surface area (Å²) in [4.78, 5) is 2.45. The highest BCUT2D eigenvalue weighted by atomic mass is 16.5. The average Bonchev–Trinajstić information content (AvgIpc) is 2.38. The molecule has 3 nitrogen and oxygen atoms in total. The molecule has 20 heavy (non-hydrogen) atoms. The molecule has 0 radical (unpaired) electrons. The van der Waals surface area contributed by atoms with Crippen LogP contribution in [0.3, 0.4) is 0 Å². The number of hydrogen-bond acceptors (Lipinski definition) is 3. The highest BCUT2D eigenvalue weighted by Crippen LogP contribution is 2.23. The van der Waals surface area contributed by atoms with E-state index < -0.39 is 0 Å². The molecule has 1 aliphatic rings. The zero-order valence-corrected chi connectivity index (χ0v) is 13.1. The van der Waals surface area contributed by atoms with Crippen LogP contribution < -0.4 is 10.1 Å². The third kappa shape index (κ3) is 5.51. The van der Waals surface area contributed by atoms with E-state index in [2.05, 4.69) is 55.3 Å². The number of nitrogens with zero attached hydrogens (tertiary/aromatic N) is 1. The Labute approximate surface area is 123 Å². The van der Waals surface area contributed by atoms with Gasteiger partial charge in [0.05, 0.1) is 0 Å². The molecule has 1 fully saturated rings. The molecule has 1 heterocycles. The first-order valence-corrected chi connectivity index (χ1v) is 7.68. The van der Waals surface area contributed by atoms with Crippen LogP contribution in [0.15, 0.2) is 24.3 Å². The van der Waals surface area contributed by atoms with Crippen molar-refractivity contribution in [1.82, 2.24) is 10.2 Å². The summed E-state index contributed by atoms with van der Waals surface area (Å²) >= 11 is 0. The molecule has 0 bridgehead atoms. The van der Waals surface area contributed by atoms with E-state index in [0.717, 1.165) is 51.5 Å². The van der Waals surface area contributed by atoms with Gasteiger partial charge in [-0.25, -0.2) is 0 Å². The van der Waals surface area contributed by atoms with Crippen molar-refractivity contribution in [1.29, 1.82) is 0 Å². The van der Waals surface area contributed by atoms with Gasteiger partial charge in [0.2, 0.25) is 0 Å². The number of rotatable bonds is 5. The van der Waals surface area contributed by atoms with Gasteiger partial charge in [0.15, 0.2) is 0 Å². The van der Waals surface area contributed by atoms with Crippen LogP contribution in [-0.2, 0) is 6.42 Å². The lowest BCUT2D eigenvalue weighted by molar-refractivity contribution is 0.191. The maximum atomic E-state index is 5.90. The Kier molecular flexibility index (Phi) is 5.44. The lowest BCUT2D eigenvalue weighted by atomic mass is 9.88. The highest BCUT2D eigenvalue weighted by molar-refractivity contribution is 5.29. The largest absolute Gasteiger partial charge is 0.492 e. The van der Waals surface area contributed by atoms with Crippen LogP contribution in [0.25, 0.3) is 0 Å². The molecule has 1 N–H and O–H groups in total. The van der Waals surface area contributed by atoms with Crippen molar-refractivity contribution in [3.63, 3.8) is 0 Å². The number of hydrogen-bond donors (Lipinski definition) is 1. The molecule has 0 aromatic heterocycles. The molecule has 1 aromatic rings. The number of benzene rings is 1. The molecule has 1 aromatic carbocycles. The van der Waals surface area contributed by atoms with E-state index >= 15 is 0 Å². The third-order valence-electron chi connectivity index (χ3n) is 3.52. The molecule has 1 aliphatic heterocycles. The van der Waals surface area contributed by atoms with Crippen LogP contribution >= 0.6 is 0 Å². The third-order valence-corrected chi connectivity index (χ3v) is 3.52. The summed E-state index contributed by atoms with van der Waals surface area (Å²) in [7, 11) is 0. The van der Waals surface area contributed by atoms with Crippen molar-refractivity contribution in [2.45, 2.75) is 27.2 Å². The molecular weight excluding hydrogens is 248 g/mol.